The largest absolute Gasteiger partial charge is 0.369 e. The summed E-state index contributed by atoms with van der Waals surface area (Å²) in [4.78, 5) is 40.8. The Bertz CT molecular complexity index is 440. The van der Waals surface area contributed by atoms with E-state index in [0.717, 1.165) is 12.8 Å². The van der Waals surface area contributed by atoms with Gasteiger partial charge in [0.2, 0.25) is 17.7 Å². The van der Waals surface area contributed by atoms with Gasteiger partial charge >= 0.3 is 0 Å². The number of amides is 3. The molecule has 2 fully saturated rings. The van der Waals surface area contributed by atoms with Crippen molar-refractivity contribution in [2.75, 3.05) is 39.3 Å². The molecular formula is C15H26N4O3. The van der Waals surface area contributed by atoms with Crippen LogP contribution in [0.1, 0.15) is 26.7 Å². The minimum atomic E-state index is -0.429. The maximum absolute atomic E-state index is 12.3. The highest BCUT2D eigenvalue weighted by Gasteiger charge is 2.35. The quantitative estimate of drug-likeness (QED) is 0.700. The molecule has 22 heavy (non-hydrogen) atoms. The van der Waals surface area contributed by atoms with E-state index in [1.807, 2.05) is 18.7 Å². The van der Waals surface area contributed by atoms with Crippen molar-refractivity contribution in [3.8, 4) is 0 Å². The average molecular weight is 310 g/mol. The minimum absolute atomic E-state index is 0.00605. The molecule has 1 heterocycles. The summed E-state index contributed by atoms with van der Waals surface area (Å²) >= 11 is 0. The van der Waals surface area contributed by atoms with Crippen LogP contribution in [-0.4, -0.2) is 77.7 Å². The maximum atomic E-state index is 12.3. The number of primary amides is 1. The van der Waals surface area contributed by atoms with E-state index < -0.39 is 5.91 Å². The zero-order valence-corrected chi connectivity index (χ0v) is 13.5. The Morgan fingerprint density at radius 3 is 2.05 bits per heavy atom. The molecular weight excluding hydrogens is 284 g/mol. The van der Waals surface area contributed by atoms with Gasteiger partial charge in [-0.2, -0.15) is 0 Å². The molecule has 7 heteroatoms. The van der Waals surface area contributed by atoms with Crippen molar-refractivity contribution < 1.29 is 14.4 Å². The van der Waals surface area contributed by atoms with Gasteiger partial charge in [0, 0.05) is 38.1 Å². The molecule has 7 nitrogen and oxygen atoms in total. The van der Waals surface area contributed by atoms with Gasteiger partial charge in [0.25, 0.3) is 0 Å². The lowest BCUT2D eigenvalue weighted by atomic mass is 10.2. The standard InChI is InChI=1S/C15H26N4O3/c1-11(2)19(9-13(16)20)10-14(21)17-5-7-18(8-6-17)15(22)12-3-4-12/h11-12H,3-10H2,1-2H3,(H2,16,20). The second-order valence-corrected chi connectivity index (χ2v) is 6.45. The van der Waals surface area contributed by atoms with Crippen LogP contribution in [0.25, 0.3) is 0 Å². The number of hydrogen-bond acceptors (Lipinski definition) is 4. The topological polar surface area (TPSA) is 86.9 Å². The Kier molecular flexibility index (Phi) is 5.39. The predicted octanol–water partition coefficient (Wildman–Crippen LogP) is -0.737. The van der Waals surface area contributed by atoms with Crippen LogP contribution in [0.2, 0.25) is 0 Å². The first kappa shape index (κ1) is 16.7. The van der Waals surface area contributed by atoms with E-state index in [-0.39, 0.29) is 36.9 Å². The summed E-state index contributed by atoms with van der Waals surface area (Å²) in [6, 6.07) is 0.0779. The zero-order chi connectivity index (χ0) is 16.3. The van der Waals surface area contributed by atoms with E-state index in [4.69, 9.17) is 5.73 Å². The number of carbonyl (C=O) groups excluding carboxylic acids is 3. The van der Waals surface area contributed by atoms with Crippen molar-refractivity contribution >= 4 is 17.7 Å². The van der Waals surface area contributed by atoms with Gasteiger partial charge < -0.3 is 15.5 Å². The molecule has 0 spiro atoms. The van der Waals surface area contributed by atoms with E-state index >= 15 is 0 Å². The SMILES string of the molecule is CC(C)N(CC(N)=O)CC(=O)N1CCN(C(=O)C2CC2)CC1. The molecule has 3 amide bonds. The van der Waals surface area contributed by atoms with Crippen LogP contribution >= 0.6 is 0 Å². The fraction of sp³-hybridized carbons (Fsp3) is 0.800. The third-order valence-electron chi connectivity index (χ3n) is 4.30. The molecule has 1 aliphatic carbocycles. The lowest BCUT2D eigenvalue weighted by Crippen LogP contribution is -2.54. The van der Waals surface area contributed by atoms with E-state index in [0.29, 0.717) is 26.2 Å². The number of piperazine rings is 1. The maximum Gasteiger partial charge on any atom is 0.236 e. The van der Waals surface area contributed by atoms with E-state index in [1.165, 1.54) is 0 Å². The molecule has 0 unspecified atom stereocenters. The Morgan fingerprint density at radius 1 is 1.05 bits per heavy atom. The Balaban J connectivity index is 1.80. The Morgan fingerprint density at radius 2 is 1.59 bits per heavy atom. The van der Waals surface area contributed by atoms with Gasteiger partial charge in [0.05, 0.1) is 13.1 Å². The summed E-state index contributed by atoms with van der Waals surface area (Å²) in [5.74, 6) is 0.0358. The first-order valence-electron chi connectivity index (χ1n) is 7.97. The first-order chi connectivity index (χ1) is 10.4. The molecule has 0 bridgehead atoms. The summed E-state index contributed by atoms with van der Waals surface area (Å²) in [6.45, 7) is 6.50. The third kappa shape index (κ3) is 4.43. The van der Waals surface area contributed by atoms with Crippen molar-refractivity contribution in [3.63, 3.8) is 0 Å². The summed E-state index contributed by atoms with van der Waals surface area (Å²) in [6.07, 6.45) is 2.02. The lowest BCUT2D eigenvalue weighted by Gasteiger charge is -2.36. The molecule has 2 aliphatic rings. The van der Waals surface area contributed by atoms with Crippen LogP contribution in [0, 0.1) is 5.92 Å². The average Bonchev–Trinajstić information content (AvgIpc) is 3.30. The van der Waals surface area contributed by atoms with Gasteiger partial charge in [-0.1, -0.05) is 0 Å². The van der Waals surface area contributed by atoms with Crippen molar-refractivity contribution in [2.24, 2.45) is 11.7 Å². The number of nitrogens with two attached hydrogens (primary N) is 1. The second kappa shape index (κ2) is 7.09. The molecule has 0 aromatic rings. The highest BCUT2D eigenvalue weighted by Crippen LogP contribution is 2.31. The van der Waals surface area contributed by atoms with Gasteiger partial charge in [-0.3, -0.25) is 19.3 Å². The van der Waals surface area contributed by atoms with Gasteiger partial charge in [-0.25, -0.2) is 0 Å². The number of nitrogens with zero attached hydrogens (tertiary/aromatic N) is 3. The van der Waals surface area contributed by atoms with Crippen molar-refractivity contribution in [1.82, 2.24) is 14.7 Å². The Hall–Kier alpha value is -1.63. The number of hydrogen-bond donors (Lipinski definition) is 1. The fourth-order valence-corrected chi connectivity index (χ4v) is 2.66. The molecule has 2 rings (SSSR count). The summed E-state index contributed by atoms with van der Waals surface area (Å²) in [5, 5.41) is 0. The van der Waals surface area contributed by atoms with E-state index in [1.54, 1.807) is 9.80 Å². The van der Waals surface area contributed by atoms with Gasteiger partial charge in [0.15, 0.2) is 0 Å². The van der Waals surface area contributed by atoms with Gasteiger partial charge in [-0.05, 0) is 26.7 Å². The van der Waals surface area contributed by atoms with Crippen LogP contribution in [0.4, 0.5) is 0 Å². The van der Waals surface area contributed by atoms with Crippen LogP contribution in [0.5, 0.6) is 0 Å². The normalized spacial score (nSPS) is 18.9. The predicted molar refractivity (Wildman–Crippen MR) is 81.8 cm³/mol. The highest BCUT2D eigenvalue weighted by molar-refractivity contribution is 5.82. The molecule has 1 saturated heterocycles. The van der Waals surface area contributed by atoms with E-state index in [9.17, 15) is 14.4 Å². The molecule has 0 atom stereocenters. The van der Waals surface area contributed by atoms with Crippen LogP contribution in [0.15, 0.2) is 0 Å². The van der Waals surface area contributed by atoms with Crippen LogP contribution < -0.4 is 5.73 Å². The van der Waals surface area contributed by atoms with E-state index in [2.05, 4.69) is 0 Å². The second-order valence-electron chi connectivity index (χ2n) is 6.45. The zero-order valence-electron chi connectivity index (χ0n) is 13.5. The molecule has 1 saturated carbocycles. The summed E-state index contributed by atoms with van der Waals surface area (Å²) in [5.41, 5.74) is 5.22. The van der Waals surface area contributed by atoms with Gasteiger partial charge in [-0.15, -0.1) is 0 Å². The monoisotopic (exact) mass is 310 g/mol. The van der Waals surface area contributed by atoms with Crippen molar-refractivity contribution in [3.05, 3.63) is 0 Å². The summed E-state index contributed by atoms with van der Waals surface area (Å²) in [7, 11) is 0. The highest BCUT2D eigenvalue weighted by atomic mass is 16.2. The van der Waals surface area contributed by atoms with Crippen molar-refractivity contribution in [1.29, 1.82) is 0 Å². The molecule has 0 radical (unpaired) electrons. The lowest BCUT2D eigenvalue weighted by molar-refractivity contribution is -0.141. The van der Waals surface area contributed by atoms with Gasteiger partial charge in [0.1, 0.15) is 0 Å². The minimum Gasteiger partial charge on any atom is -0.369 e. The molecule has 0 aromatic carbocycles. The molecule has 1 aliphatic heterocycles. The molecule has 0 aromatic heterocycles. The number of carbonyl (C=O) groups is 3. The summed E-state index contributed by atoms with van der Waals surface area (Å²) < 4.78 is 0. The fourth-order valence-electron chi connectivity index (χ4n) is 2.66. The Labute approximate surface area is 131 Å². The number of rotatable bonds is 6. The van der Waals surface area contributed by atoms with Crippen LogP contribution in [0.3, 0.4) is 0 Å². The molecule has 2 N–H and O–H groups in total. The smallest absolute Gasteiger partial charge is 0.236 e. The van der Waals surface area contributed by atoms with Crippen LogP contribution in [-0.2, 0) is 14.4 Å². The third-order valence-corrected chi connectivity index (χ3v) is 4.30. The first-order valence-corrected chi connectivity index (χ1v) is 7.97. The van der Waals surface area contributed by atoms with Crippen molar-refractivity contribution in [2.45, 2.75) is 32.7 Å². The molecule has 124 valence electrons.